The van der Waals surface area contributed by atoms with Gasteiger partial charge < -0.3 is 0 Å². The molecule has 0 fully saturated rings. The molecule has 3 aromatic rings. The summed E-state index contributed by atoms with van der Waals surface area (Å²) in [5.74, 6) is 0.151. The van der Waals surface area contributed by atoms with Crippen LogP contribution in [0.1, 0.15) is 36.6 Å². The molecule has 5 nitrogen and oxygen atoms in total. The van der Waals surface area contributed by atoms with E-state index in [4.69, 9.17) is 5.26 Å². The predicted octanol–water partition coefficient (Wildman–Crippen LogP) is 5.76. The van der Waals surface area contributed by atoms with Gasteiger partial charge in [0.15, 0.2) is 5.82 Å². The summed E-state index contributed by atoms with van der Waals surface area (Å²) >= 11 is 0. The molecular weight excluding hydrogens is 343 g/mol. The lowest BCUT2D eigenvalue weighted by atomic mass is 10.1. The fourth-order valence-corrected chi connectivity index (χ4v) is 2.46. The SMILES string of the molecule is CC(C)c1nc2ccc(C(F)(F)F)cn2c1N=Nc1ccccc1C#N. The molecule has 0 bridgehead atoms. The van der Waals surface area contributed by atoms with Crippen LogP contribution in [0.15, 0.2) is 52.8 Å². The molecule has 0 N–H and O–H groups in total. The molecule has 26 heavy (non-hydrogen) atoms. The number of rotatable bonds is 3. The van der Waals surface area contributed by atoms with Gasteiger partial charge in [-0.05, 0) is 30.2 Å². The van der Waals surface area contributed by atoms with Crippen molar-refractivity contribution < 1.29 is 13.2 Å². The Morgan fingerprint density at radius 3 is 2.50 bits per heavy atom. The second-order valence-electron chi connectivity index (χ2n) is 5.95. The molecular formula is C18H14F3N5. The summed E-state index contributed by atoms with van der Waals surface area (Å²) in [5.41, 5.74) is 0.747. The Kier molecular flexibility index (Phi) is 4.47. The molecule has 0 radical (unpaired) electrons. The molecule has 0 amide bonds. The van der Waals surface area contributed by atoms with Crippen LogP contribution in [0.4, 0.5) is 24.7 Å². The number of pyridine rings is 1. The van der Waals surface area contributed by atoms with Gasteiger partial charge in [-0.2, -0.15) is 18.4 Å². The number of alkyl halides is 3. The van der Waals surface area contributed by atoms with Crippen molar-refractivity contribution >= 4 is 17.2 Å². The molecule has 0 unspecified atom stereocenters. The van der Waals surface area contributed by atoms with Crippen molar-refractivity contribution in [3.8, 4) is 6.07 Å². The predicted molar refractivity (Wildman–Crippen MR) is 89.6 cm³/mol. The third kappa shape index (κ3) is 3.28. The van der Waals surface area contributed by atoms with Crippen molar-refractivity contribution in [1.29, 1.82) is 5.26 Å². The summed E-state index contributed by atoms with van der Waals surface area (Å²) in [5, 5.41) is 17.3. The van der Waals surface area contributed by atoms with Crippen LogP contribution in [0.2, 0.25) is 0 Å². The average molecular weight is 357 g/mol. The van der Waals surface area contributed by atoms with E-state index < -0.39 is 11.7 Å². The second kappa shape index (κ2) is 6.59. The van der Waals surface area contributed by atoms with Crippen molar-refractivity contribution in [3.63, 3.8) is 0 Å². The largest absolute Gasteiger partial charge is 0.417 e. The molecule has 0 aliphatic heterocycles. The first-order chi connectivity index (χ1) is 12.3. The third-order valence-electron chi connectivity index (χ3n) is 3.77. The Labute approximate surface area is 147 Å². The number of nitrogens with zero attached hydrogens (tertiary/aromatic N) is 5. The van der Waals surface area contributed by atoms with Gasteiger partial charge >= 0.3 is 6.18 Å². The molecule has 0 aliphatic rings. The fraction of sp³-hybridized carbons (Fsp3) is 0.222. The Balaban J connectivity index is 2.18. The Bertz CT molecular complexity index is 1030. The van der Waals surface area contributed by atoms with E-state index in [9.17, 15) is 13.2 Å². The maximum Gasteiger partial charge on any atom is 0.417 e. The van der Waals surface area contributed by atoms with Crippen molar-refractivity contribution in [1.82, 2.24) is 9.38 Å². The lowest BCUT2D eigenvalue weighted by Gasteiger charge is -2.07. The zero-order valence-corrected chi connectivity index (χ0v) is 14.0. The molecule has 0 saturated heterocycles. The number of aromatic nitrogens is 2. The number of nitriles is 1. The second-order valence-corrected chi connectivity index (χ2v) is 5.95. The summed E-state index contributed by atoms with van der Waals surface area (Å²) < 4.78 is 40.4. The van der Waals surface area contributed by atoms with Crippen molar-refractivity contribution in [2.75, 3.05) is 0 Å². The van der Waals surface area contributed by atoms with Gasteiger partial charge in [-0.15, -0.1) is 10.2 Å². The van der Waals surface area contributed by atoms with Gasteiger partial charge in [-0.1, -0.05) is 26.0 Å². The number of benzene rings is 1. The van der Waals surface area contributed by atoms with Crippen LogP contribution in [-0.2, 0) is 6.18 Å². The van der Waals surface area contributed by atoms with E-state index in [-0.39, 0.29) is 11.7 Å². The molecule has 132 valence electrons. The Hall–Kier alpha value is -3.21. The van der Waals surface area contributed by atoms with Gasteiger partial charge in [0.2, 0.25) is 0 Å². The first-order valence-electron chi connectivity index (χ1n) is 7.81. The quantitative estimate of drug-likeness (QED) is 0.559. The highest BCUT2D eigenvalue weighted by atomic mass is 19.4. The van der Waals surface area contributed by atoms with Crippen LogP contribution < -0.4 is 0 Å². The highest BCUT2D eigenvalue weighted by Crippen LogP contribution is 2.34. The van der Waals surface area contributed by atoms with Crippen LogP contribution >= 0.6 is 0 Å². The van der Waals surface area contributed by atoms with Gasteiger partial charge in [0, 0.05) is 6.20 Å². The third-order valence-corrected chi connectivity index (χ3v) is 3.77. The smallest absolute Gasteiger partial charge is 0.282 e. The van der Waals surface area contributed by atoms with Gasteiger partial charge in [0.25, 0.3) is 0 Å². The Morgan fingerprint density at radius 1 is 1.12 bits per heavy atom. The van der Waals surface area contributed by atoms with Crippen LogP contribution in [0.5, 0.6) is 0 Å². The topological polar surface area (TPSA) is 65.8 Å². The monoisotopic (exact) mass is 357 g/mol. The minimum atomic E-state index is -4.47. The number of hydrogen-bond donors (Lipinski definition) is 0. The molecule has 8 heteroatoms. The first-order valence-corrected chi connectivity index (χ1v) is 7.81. The van der Waals surface area contributed by atoms with E-state index in [1.807, 2.05) is 19.9 Å². The van der Waals surface area contributed by atoms with Crippen LogP contribution in [-0.4, -0.2) is 9.38 Å². The average Bonchev–Trinajstić information content (AvgIpc) is 2.97. The summed E-state index contributed by atoms with van der Waals surface area (Å²) in [6.07, 6.45) is -3.52. The highest BCUT2D eigenvalue weighted by molar-refractivity contribution is 5.56. The molecule has 2 aromatic heterocycles. The maximum atomic E-state index is 13.0. The minimum absolute atomic E-state index is 0.0654. The lowest BCUT2D eigenvalue weighted by molar-refractivity contribution is -0.137. The van der Waals surface area contributed by atoms with E-state index in [1.165, 1.54) is 10.5 Å². The normalized spacial score (nSPS) is 12.2. The molecule has 0 atom stereocenters. The number of hydrogen-bond acceptors (Lipinski definition) is 4. The summed E-state index contributed by atoms with van der Waals surface area (Å²) in [6.45, 7) is 3.74. The zero-order chi connectivity index (χ0) is 18.9. The van der Waals surface area contributed by atoms with Crippen LogP contribution in [0.3, 0.4) is 0 Å². The summed E-state index contributed by atoms with van der Waals surface area (Å²) in [7, 11) is 0. The van der Waals surface area contributed by atoms with E-state index in [2.05, 4.69) is 15.2 Å². The maximum absolute atomic E-state index is 13.0. The summed E-state index contributed by atoms with van der Waals surface area (Å²) in [6, 6.07) is 10.9. The summed E-state index contributed by atoms with van der Waals surface area (Å²) in [4.78, 5) is 4.37. The number of imidazole rings is 1. The van der Waals surface area contributed by atoms with Gasteiger partial charge in [-0.25, -0.2) is 4.98 Å². The molecule has 2 heterocycles. The van der Waals surface area contributed by atoms with E-state index >= 15 is 0 Å². The standard InChI is InChI=1S/C18H14F3N5/c1-11(2)16-17(25-24-14-6-4-3-5-12(14)9-22)26-10-13(18(19,20)21)7-8-15(26)23-16/h3-8,10-11H,1-2H3. The van der Waals surface area contributed by atoms with Crippen LogP contribution in [0, 0.1) is 11.3 Å². The highest BCUT2D eigenvalue weighted by Gasteiger charge is 2.31. The number of azo groups is 1. The first kappa shape index (κ1) is 17.6. The van der Waals surface area contributed by atoms with Gasteiger partial charge in [-0.3, -0.25) is 4.40 Å². The van der Waals surface area contributed by atoms with E-state index in [0.717, 1.165) is 12.3 Å². The zero-order valence-electron chi connectivity index (χ0n) is 14.0. The van der Waals surface area contributed by atoms with Crippen molar-refractivity contribution in [3.05, 3.63) is 59.4 Å². The van der Waals surface area contributed by atoms with E-state index in [0.29, 0.717) is 22.6 Å². The van der Waals surface area contributed by atoms with Gasteiger partial charge in [0.1, 0.15) is 17.4 Å². The fourth-order valence-electron chi connectivity index (χ4n) is 2.46. The number of halogens is 3. The van der Waals surface area contributed by atoms with Crippen molar-refractivity contribution in [2.45, 2.75) is 25.9 Å². The minimum Gasteiger partial charge on any atom is -0.282 e. The molecule has 0 saturated carbocycles. The van der Waals surface area contributed by atoms with Crippen molar-refractivity contribution in [2.24, 2.45) is 10.2 Å². The molecule has 0 spiro atoms. The molecule has 3 rings (SSSR count). The van der Waals surface area contributed by atoms with Gasteiger partial charge in [0.05, 0.1) is 16.8 Å². The molecule has 0 aliphatic carbocycles. The van der Waals surface area contributed by atoms with Crippen LogP contribution in [0.25, 0.3) is 5.65 Å². The Morgan fingerprint density at radius 2 is 1.85 bits per heavy atom. The molecule has 1 aromatic carbocycles. The van der Waals surface area contributed by atoms with E-state index in [1.54, 1.807) is 24.3 Å². The number of fused-ring (bicyclic) bond motifs is 1. The lowest BCUT2D eigenvalue weighted by Crippen LogP contribution is -2.06.